The first-order chi connectivity index (χ1) is 6.52. The normalized spacial score (nSPS) is 20.0. The van der Waals surface area contributed by atoms with Gasteiger partial charge >= 0.3 is 7.12 Å². The van der Waals surface area contributed by atoms with Crippen LogP contribution >= 0.6 is 0 Å². The number of benzene rings is 1. The van der Waals surface area contributed by atoms with Crippen LogP contribution in [0.1, 0.15) is 18.6 Å². The van der Waals surface area contributed by atoms with Crippen molar-refractivity contribution in [2.75, 3.05) is 5.73 Å². The molecular weight excluding hydrogens is 191 g/mol. The second-order valence-electron chi connectivity index (χ2n) is 3.23. The first-order valence-corrected chi connectivity index (χ1v) is 4.13. The van der Waals surface area contributed by atoms with Gasteiger partial charge in [-0.15, -0.1) is 0 Å². The van der Waals surface area contributed by atoms with Crippen molar-refractivity contribution in [3.8, 4) is 0 Å². The van der Waals surface area contributed by atoms with E-state index < -0.39 is 24.9 Å². The van der Waals surface area contributed by atoms with Gasteiger partial charge in [-0.2, -0.15) is 0 Å². The number of hydrogen-bond donors (Lipinski definition) is 2. The second kappa shape index (κ2) is 2.93. The van der Waals surface area contributed by atoms with E-state index >= 15 is 0 Å². The average Bonchev–Trinajstić information content (AvgIpc) is 2.38. The molecule has 0 aromatic heterocycles. The Morgan fingerprint density at radius 3 is 2.79 bits per heavy atom. The standard InChI is InChI=1S/C8H8BF2NO2/c1-3-4-2-5(12)7(10)8(11)6(4)9(13)14-3/h2-3,13H,12H2,1H3. The second-order valence-corrected chi connectivity index (χ2v) is 3.23. The predicted octanol–water partition coefficient (Wildman–Crippen LogP) is 0.326. The van der Waals surface area contributed by atoms with Crippen molar-refractivity contribution in [2.45, 2.75) is 13.0 Å². The highest BCUT2D eigenvalue weighted by Gasteiger charge is 2.37. The smallest absolute Gasteiger partial charge is 0.423 e. The Kier molecular flexibility index (Phi) is 1.97. The number of hydrogen-bond acceptors (Lipinski definition) is 3. The van der Waals surface area contributed by atoms with Gasteiger partial charge in [0.25, 0.3) is 0 Å². The van der Waals surface area contributed by atoms with Crippen LogP contribution in [0.15, 0.2) is 6.07 Å². The summed E-state index contributed by atoms with van der Waals surface area (Å²) in [5, 5.41) is 9.28. The summed E-state index contributed by atoms with van der Waals surface area (Å²) in [4.78, 5) is 0. The number of halogens is 2. The van der Waals surface area contributed by atoms with E-state index in [0.717, 1.165) is 0 Å². The zero-order valence-electron chi connectivity index (χ0n) is 7.42. The van der Waals surface area contributed by atoms with Crippen LogP contribution in [0.3, 0.4) is 0 Å². The van der Waals surface area contributed by atoms with E-state index in [1.54, 1.807) is 6.92 Å². The number of anilines is 1. The molecule has 3 N–H and O–H groups in total. The maximum Gasteiger partial charge on any atom is 0.495 e. The molecule has 2 rings (SSSR count). The lowest BCUT2D eigenvalue weighted by Crippen LogP contribution is -2.32. The molecule has 0 radical (unpaired) electrons. The Balaban J connectivity index is 2.70. The van der Waals surface area contributed by atoms with Gasteiger partial charge in [0.2, 0.25) is 0 Å². The summed E-state index contributed by atoms with van der Waals surface area (Å²) in [5.74, 6) is -2.27. The van der Waals surface area contributed by atoms with Crippen LogP contribution in [-0.2, 0) is 4.65 Å². The van der Waals surface area contributed by atoms with Crippen LogP contribution in [0, 0.1) is 11.6 Å². The third kappa shape index (κ3) is 1.11. The third-order valence-electron chi connectivity index (χ3n) is 2.32. The SMILES string of the molecule is CC1OB(O)c2c1cc(N)c(F)c2F. The van der Waals surface area contributed by atoms with Gasteiger partial charge in [-0.1, -0.05) is 0 Å². The van der Waals surface area contributed by atoms with Crippen molar-refractivity contribution in [1.29, 1.82) is 0 Å². The van der Waals surface area contributed by atoms with Crippen molar-refractivity contribution in [1.82, 2.24) is 0 Å². The van der Waals surface area contributed by atoms with E-state index in [2.05, 4.69) is 0 Å². The fourth-order valence-corrected chi connectivity index (χ4v) is 1.60. The summed E-state index contributed by atoms with van der Waals surface area (Å²) in [6, 6.07) is 1.29. The van der Waals surface area contributed by atoms with Gasteiger partial charge in [0.1, 0.15) is 0 Å². The van der Waals surface area contributed by atoms with Crippen LogP contribution in [-0.4, -0.2) is 12.1 Å². The molecular formula is C8H8BF2NO2. The number of nitrogen functional groups attached to an aromatic ring is 1. The van der Waals surface area contributed by atoms with Crippen LogP contribution in [0.4, 0.5) is 14.5 Å². The average molecular weight is 199 g/mol. The van der Waals surface area contributed by atoms with E-state index in [9.17, 15) is 13.8 Å². The van der Waals surface area contributed by atoms with Gasteiger partial charge < -0.3 is 15.4 Å². The maximum atomic E-state index is 13.3. The van der Waals surface area contributed by atoms with Crippen LogP contribution in [0.2, 0.25) is 0 Å². The molecule has 1 atom stereocenters. The molecule has 1 unspecified atom stereocenters. The molecule has 1 heterocycles. The molecule has 0 spiro atoms. The van der Waals surface area contributed by atoms with Crippen LogP contribution < -0.4 is 11.2 Å². The van der Waals surface area contributed by atoms with Crippen molar-refractivity contribution in [2.24, 2.45) is 0 Å². The van der Waals surface area contributed by atoms with Gasteiger partial charge in [0.15, 0.2) is 11.6 Å². The minimum Gasteiger partial charge on any atom is -0.423 e. The van der Waals surface area contributed by atoms with Crippen LogP contribution in [0.5, 0.6) is 0 Å². The first kappa shape index (κ1) is 9.42. The Bertz CT molecular complexity index is 399. The minimum atomic E-state index is -1.41. The lowest BCUT2D eigenvalue weighted by Gasteiger charge is -2.06. The monoisotopic (exact) mass is 199 g/mol. The lowest BCUT2D eigenvalue weighted by molar-refractivity contribution is 0.209. The zero-order valence-corrected chi connectivity index (χ0v) is 7.42. The summed E-state index contributed by atoms with van der Waals surface area (Å²) < 4.78 is 31.2. The van der Waals surface area contributed by atoms with E-state index in [-0.39, 0.29) is 11.2 Å². The highest BCUT2D eigenvalue weighted by molar-refractivity contribution is 6.61. The molecule has 74 valence electrons. The maximum absolute atomic E-state index is 13.3. The predicted molar refractivity (Wildman–Crippen MR) is 47.9 cm³/mol. The molecule has 0 saturated carbocycles. The highest BCUT2D eigenvalue weighted by Crippen LogP contribution is 2.27. The molecule has 1 aliphatic rings. The van der Waals surface area contributed by atoms with Gasteiger partial charge in [-0.3, -0.25) is 0 Å². The number of rotatable bonds is 0. The van der Waals surface area contributed by atoms with Crippen molar-refractivity contribution in [3.05, 3.63) is 23.3 Å². The summed E-state index contributed by atoms with van der Waals surface area (Å²) >= 11 is 0. The van der Waals surface area contributed by atoms with Gasteiger partial charge in [0.05, 0.1) is 11.8 Å². The largest absolute Gasteiger partial charge is 0.495 e. The molecule has 0 fully saturated rings. The number of nitrogens with two attached hydrogens (primary N) is 1. The molecule has 1 aliphatic heterocycles. The molecule has 3 nitrogen and oxygen atoms in total. The molecule has 6 heteroatoms. The van der Waals surface area contributed by atoms with Crippen molar-refractivity contribution in [3.63, 3.8) is 0 Å². The third-order valence-corrected chi connectivity index (χ3v) is 2.32. The quantitative estimate of drug-likeness (QED) is 0.467. The Morgan fingerprint density at radius 1 is 1.50 bits per heavy atom. The molecule has 1 aromatic rings. The van der Waals surface area contributed by atoms with E-state index in [1.807, 2.05) is 0 Å². The molecule has 0 amide bonds. The Morgan fingerprint density at radius 2 is 2.14 bits per heavy atom. The van der Waals surface area contributed by atoms with E-state index in [0.29, 0.717) is 5.56 Å². The first-order valence-electron chi connectivity index (χ1n) is 4.13. The molecule has 0 bridgehead atoms. The fraction of sp³-hybridized carbons (Fsp3) is 0.250. The van der Waals surface area contributed by atoms with Crippen molar-refractivity contribution < 1.29 is 18.5 Å². The fourth-order valence-electron chi connectivity index (χ4n) is 1.60. The highest BCUT2D eigenvalue weighted by atomic mass is 19.2. The van der Waals surface area contributed by atoms with E-state index in [4.69, 9.17) is 10.4 Å². The van der Waals surface area contributed by atoms with Gasteiger partial charge in [0, 0.05) is 5.46 Å². The topological polar surface area (TPSA) is 55.5 Å². The summed E-state index contributed by atoms with van der Waals surface area (Å²) in [6.07, 6.45) is -0.475. The van der Waals surface area contributed by atoms with Crippen molar-refractivity contribution >= 4 is 18.3 Å². The van der Waals surface area contributed by atoms with Crippen LogP contribution in [0.25, 0.3) is 0 Å². The molecule has 1 aromatic carbocycles. The lowest BCUT2D eigenvalue weighted by atomic mass is 9.78. The van der Waals surface area contributed by atoms with Gasteiger partial charge in [-0.25, -0.2) is 8.78 Å². The molecule has 14 heavy (non-hydrogen) atoms. The zero-order chi connectivity index (χ0) is 10.5. The molecule has 0 aliphatic carbocycles. The Labute approximate surface area is 79.6 Å². The summed E-state index contributed by atoms with van der Waals surface area (Å²) in [5.41, 5.74) is 5.23. The summed E-state index contributed by atoms with van der Waals surface area (Å²) in [6.45, 7) is 1.63. The Hall–Kier alpha value is -1.14. The summed E-state index contributed by atoms with van der Waals surface area (Å²) in [7, 11) is -1.41. The van der Waals surface area contributed by atoms with E-state index in [1.165, 1.54) is 6.07 Å². The minimum absolute atomic E-state index is 0.149. The molecule has 0 saturated heterocycles. The number of fused-ring (bicyclic) bond motifs is 1. The van der Waals surface area contributed by atoms with Gasteiger partial charge in [-0.05, 0) is 18.6 Å².